The zero-order valence-corrected chi connectivity index (χ0v) is 17.9. The van der Waals surface area contributed by atoms with Gasteiger partial charge in [0.25, 0.3) is 0 Å². The van der Waals surface area contributed by atoms with Gasteiger partial charge in [0.15, 0.2) is 0 Å². The van der Waals surface area contributed by atoms with Gasteiger partial charge in [-0.2, -0.15) is 0 Å². The number of benzene rings is 2. The Balaban J connectivity index is 1.37. The first-order valence-electron chi connectivity index (χ1n) is 10.4. The van der Waals surface area contributed by atoms with E-state index in [-0.39, 0.29) is 0 Å². The molecule has 0 radical (unpaired) electrons. The molecular formula is C23H29ClN2OS. The Bertz CT molecular complexity index is 792. The van der Waals surface area contributed by atoms with Gasteiger partial charge in [-0.1, -0.05) is 41.6 Å². The molecule has 1 unspecified atom stereocenters. The van der Waals surface area contributed by atoms with E-state index >= 15 is 0 Å². The number of nitrogens with zero attached hydrogens (tertiary/aromatic N) is 2. The van der Waals surface area contributed by atoms with E-state index < -0.39 is 0 Å². The zero-order chi connectivity index (χ0) is 19.3. The summed E-state index contributed by atoms with van der Waals surface area (Å²) in [6, 6.07) is 15.2. The van der Waals surface area contributed by atoms with Gasteiger partial charge in [-0.3, -0.25) is 0 Å². The van der Waals surface area contributed by atoms with Crippen molar-refractivity contribution < 1.29 is 5.11 Å². The van der Waals surface area contributed by atoms with Gasteiger partial charge < -0.3 is 14.9 Å². The molecule has 0 aromatic heterocycles. The number of halogens is 1. The van der Waals surface area contributed by atoms with Gasteiger partial charge in [-0.15, -0.1) is 0 Å². The van der Waals surface area contributed by atoms with Crippen LogP contribution < -0.4 is 0 Å². The van der Waals surface area contributed by atoms with E-state index in [1.807, 2.05) is 17.8 Å². The maximum atomic E-state index is 9.00. The number of rotatable bonds is 7. The molecule has 0 bridgehead atoms. The summed E-state index contributed by atoms with van der Waals surface area (Å²) in [7, 11) is 0. The van der Waals surface area contributed by atoms with Gasteiger partial charge >= 0.3 is 0 Å². The van der Waals surface area contributed by atoms with E-state index in [9.17, 15) is 0 Å². The summed E-state index contributed by atoms with van der Waals surface area (Å²) in [6.45, 7) is 7.03. The Morgan fingerprint density at radius 1 is 0.893 bits per heavy atom. The van der Waals surface area contributed by atoms with Crippen molar-refractivity contribution in [1.29, 1.82) is 0 Å². The van der Waals surface area contributed by atoms with Crippen LogP contribution in [0.2, 0.25) is 5.02 Å². The highest BCUT2D eigenvalue weighted by Gasteiger charge is 2.26. The van der Waals surface area contributed by atoms with Crippen LogP contribution >= 0.6 is 23.4 Å². The molecule has 1 fully saturated rings. The first-order valence-corrected chi connectivity index (χ1v) is 11.6. The standard InChI is InChI=1S/C23H29ClN2OS/c24-18-8-9-23-21(17-18)19(20-5-1-2-7-22(20)28-23)6-3-10-25-12-14-26(15-13-25)11-4-16-27/h1-2,5,7-9,17,19,27H,3-4,6,10-16H2. The van der Waals surface area contributed by atoms with Crippen molar-refractivity contribution in [3.05, 3.63) is 58.6 Å². The molecule has 5 heteroatoms. The summed E-state index contributed by atoms with van der Waals surface area (Å²) in [5, 5.41) is 9.83. The Labute approximate surface area is 177 Å². The van der Waals surface area contributed by atoms with Crippen LogP contribution in [0, 0.1) is 0 Å². The fourth-order valence-electron chi connectivity index (χ4n) is 4.39. The van der Waals surface area contributed by atoms with Crippen LogP contribution in [0.25, 0.3) is 0 Å². The normalized spacial score (nSPS) is 20.0. The first-order chi connectivity index (χ1) is 13.7. The molecule has 150 valence electrons. The highest BCUT2D eigenvalue weighted by Crippen LogP contribution is 2.48. The van der Waals surface area contributed by atoms with Crippen LogP contribution in [0.4, 0.5) is 0 Å². The third-order valence-electron chi connectivity index (χ3n) is 5.93. The highest BCUT2D eigenvalue weighted by molar-refractivity contribution is 7.99. The average Bonchev–Trinajstić information content (AvgIpc) is 2.73. The third kappa shape index (κ3) is 4.74. The molecular weight excluding hydrogens is 388 g/mol. The molecule has 2 aliphatic rings. The Kier molecular flexibility index (Phi) is 6.97. The molecule has 0 spiro atoms. The molecule has 2 aliphatic heterocycles. The number of fused-ring (bicyclic) bond motifs is 2. The van der Waals surface area contributed by atoms with Gasteiger partial charge in [-0.05, 0) is 61.2 Å². The van der Waals surface area contributed by atoms with E-state index in [2.05, 4.69) is 46.2 Å². The summed E-state index contributed by atoms with van der Waals surface area (Å²) in [6.07, 6.45) is 3.25. The van der Waals surface area contributed by atoms with Crippen LogP contribution in [0.5, 0.6) is 0 Å². The summed E-state index contributed by atoms with van der Waals surface area (Å²) < 4.78 is 0. The SMILES string of the molecule is OCCCN1CCN(CCCC2c3ccccc3Sc3ccc(Cl)cc32)CC1. The van der Waals surface area contributed by atoms with E-state index in [1.165, 1.54) is 27.3 Å². The Hall–Kier alpha value is -1.04. The fourth-order valence-corrected chi connectivity index (χ4v) is 5.74. The smallest absolute Gasteiger partial charge is 0.0443 e. The molecule has 3 nitrogen and oxygen atoms in total. The maximum Gasteiger partial charge on any atom is 0.0443 e. The predicted molar refractivity (Wildman–Crippen MR) is 118 cm³/mol. The lowest BCUT2D eigenvalue weighted by atomic mass is 9.87. The average molecular weight is 417 g/mol. The van der Waals surface area contributed by atoms with Crippen molar-refractivity contribution in [3.8, 4) is 0 Å². The fraction of sp³-hybridized carbons (Fsp3) is 0.478. The molecule has 2 heterocycles. The van der Waals surface area contributed by atoms with Crippen LogP contribution in [0.15, 0.2) is 52.3 Å². The van der Waals surface area contributed by atoms with Crippen LogP contribution in [-0.2, 0) is 0 Å². The summed E-state index contributed by atoms with van der Waals surface area (Å²) in [4.78, 5) is 7.81. The number of hydrogen-bond donors (Lipinski definition) is 1. The maximum absolute atomic E-state index is 9.00. The minimum Gasteiger partial charge on any atom is -0.396 e. The molecule has 0 amide bonds. The monoisotopic (exact) mass is 416 g/mol. The van der Waals surface area contributed by atoms with Crippen molar-refractivity contribution in [2.45, 2.75) is 35.0 Å². The molecule has 1 N–H and O–H groups in total. The van der Waals surface area contributed by atoms with Crippen LogP contribution in [0.1, 0.15) is 36.3 Å². The zero-order valence-electron chi connectivity index (χ0n) is 16.3. The van der Waals surface area contributed by atoms with E-state index in [1.54, 1.807) is 0 Å². The van der Waals surface area contributed by atoms with Gasteiger partial charge in [0, 0.05) is 60.1 Å². The molecule has 28 heavy (non-hydrogen) atoms. The topological polar surface area (TPSA) is 26.7 Å². The van der Waals surface area contributed by atoms with Crippen molar-refractivity contribution in [3.63, 3.8) is 0 Å². The van der Waals surface area contributed by atoms with Crippen molar-refractivity contribution >= 4 is 23.4 Å². The van der Waals surface area contributed by atoms with E-state index in [0.29, 0.717) is 12.5 Å². The lowest BCUT2D eigenvalue weighted by Crippen LogP contribution is -2.46. The van der Waals surface area contributed by atoms with Crippen molar-refractivity contribution in [1.82, 2.24) is 9.80 Å². The number of hydrogen-bond acceptors (Lipinski definition) is 4. The second-order valence-corrected chi connectivity index (χ2v) is 9.30. The Morgan fingerprint density at radius 3 is 2.32 bits per heavy atom. The molecule has 2 aromatic rings. The number of aliphatic hydroxyl groups excluding tert-OH is 1. The summed E-state index contributed by atoms with van der Waals surface area (Å²) in [5.41, 5.74) is 2.85. The third-order valence-corrected chi connectivity index (χ3v) is 7.34. The van der Waals surface area contributed by atoms with Crippen molar-refractivity contribution in [2.24, 2.45) is 0 Å². The van der Waals surface area contributed by atoms with Crippen molar-refractivity contribution in [2.75, 3.05) is 45.9 Å². The lowest BCUT2D eigenvalue weighted by molar-refractivity contribution is 0.123. The minimum atomic E-state index is 0.298. The molecule has 1 atom stereocenters. The number of aliphatic hydroxyl groups is 1. The highest BCUT2D eigenvalue weighted by atomic mass is 35.5. The molecule has 4 rings (SSSR count). The van der Waals surface area contributed by atoms with E-state index in [4.69, 9.17) is 16.7 Å². The summed E-state index contributed by atoms with van der Waals surface area (Å²) >= 11 is 8.21. The van der Waals surface area contributed by atoms with Gasteiger partial charge in [0.05, 0.1) is 0 Å². The summed E-state index contributed by atoms with van der Waals surface area (Å²) in [5.74, 6) is 0.442. The molecule has 2 aromatic carbocycles. The molecule has 0 saturated carbocycles. The van der Waals surface area contributed by atoms with Gasteiger partial charge in [0.1, 0.15) is 0 Å². The lowest BCUT2D eigenvalue weighted by Gasteiger charge is -2.35. The van der Waals surface area contributed by atoms with E-state index in [0.717, 1.165) is 57.1 Å². The Morgan fingerprint density at radius 2 is 1.57 bits per heavy atom. The molecule has 0 aliphatic carbocycles. The van der Waals surface area contributed by atoms with Gasteiger partial charge in [0.2, 0.25) is 0 Å². The van der Waals surface area contributed by atoms with Crippen LogP contribution in [-0.4, -0.2) is 60.8 Å². The predicted octanol–water partition coefficient (Wildman–Crippen LogP) is 4.72. The number of piperazine rings is 1. The second kappa shape index (κ2) is 9.64. The van der Waals surface area contributed by atoms with Crippen LogP contribution in [0.3, 0.4) is 0 Å². The minimum absolute atomic E-state index is 0.298. The van der Waals surface area contributed by atoms with Gasteiger partial charge in [-0.25, -0.2) is 0 Å². The quantitative estimate of drug-likeness (QED) is 0.706. The second-order valence-electron chi connectivity index (χ2n) is 7.78. The molecule has 1 saturated heterocycles. The first kappa shape index (κ1) is 20.2. The largest absolute Gasteiger partial charge is 0.396 e.